The van der Waals surface area contributed by atoms with Crippen LogP contribution in [0.3, 0.4) is 0 Å². The minimum absolute atomic E-state index is 0.0112. The highest BCUT2D eigenvalue weighted by Gasteiger charge is 2.20. The summed E-state index contributed by atoms with van der Waals surface area (Å²) in [6.45, 7) is 3.84. The maximum Gasteiger partial charge on any atom is 0.361 e. The van der Waals surface area contributed by atoms with Crippen molar-refractivity contribution >= 4 is 17.8 Å². The number of benzene rings is 2. The molecule has 0 atom stereocenters. The second-order valence-electron chi connectivity index (χ2n) is 5.56. The summed E-state index contributed by atoms with van der Waals surface area (Å²) in [7, 11) is 4.13. The lowest BCUT2D eigenvalue weighted by molar-refractivity contribution is 0.269. The summed E-state index contributed by atoms with van der Waals surface area (Å²) in [6, 6.07) is 19.2. The van der Waals surface area contributed by atoms with Crippen LogP contribution in [0.1, 0.15) is 12.5 Å². The number of aryl methyl sites for hydroxylation is 1. The van der Waals surface area contributed by atoms with Gasteiger partial charge in [-0.25, -0.2) is 0 Å². The molecule has 110 valence electrons. The van der Waals surface area contributed by atoms with Crippen LogP contribution in [0.15, 0.2) is 54.6 Å². The van der Waals surface area contributed by atoms with Crippen molar-refractivity contribution in [1.82, 2.24) is 4.90 Å². The highest BCUT2D eigenvalue weighted by atomic mass is 16.4. The quantitative estimate of drug-likeness (QED) is 0.719. The third-order valence-electron chi connectivity index (χ3n) is 3.62. The zero-order valence-corrected chi connectivity index (χ0v) is 13.3. The third kappa shape index (κ3) is 4.73. The Kier molecular flexibility index (Phi) is 6.03. The average Bonchev–Trinajstić information content (AvgIpc) is 2.52. The molecular formula is C18H24BNO. The Morgan fingerprint density at radius 2 is 1.52 bits per heavy atom. The van der Waals surface area contributed by atoms with Gasteiger partial charge >= 0.3 is 6.92 Å². The van der Waals surface area contributed by atoms with Gasteiger partial charge in [0.25, 0.3) is 0 Å². The van der Waals surface area contributed by atoms with E-state index in [2.05, 4.69) is 74.4 Å². The van der Waals surface area contributed by atoms with Crippen LogP contribution in [-0.4, -0.2) is 39.1 Å². The molecule has 0 spiro atoms. The summed E-state index contributed by atoms with van der Waals surface area (Å²) in [4.78, 5) is 2.14. The molecule has 0 aromatic heterocycles. The lowest BCUT2D eigenvalue weighted by atomic mass is 9.55. The number of nitrogens with zero attached hydrogens (tertiary/aromatic N) is 1. The van der Waals surface area contributed by atoms with Gasteiger partial charge in [-0.3, -0.25) is 0 Å². The molecule has 0 aliphatic heterocycles. The second kappa shape index (κ2) is 8.01. The number of hydrogen-bond acceptors (Lipinski definition) is 2. The third-order valence-corrected chi connectivity index (χ3v) is 3.62. The van der Waals surface area contributed by atoms with Crippen LogP contribution in [-0.2, 0) is 11.1 Å². The normalized spacial score (nSPS) is 10.9. The van der Waals surface area contributed by atoms with Crippen molar-refractivity contribution in [2.75, 3.05) is 27.2 Å². The SMILES string of the molecule is CCc1ccc(B(OCCN(C)C)c2ccccc2)cc1. The molecule has 2 rings (SSSR count). The van der Waals surface area contributed by atoms with Crippen LogP contribution in [0.4, 0.5) is 0 Å². The summed E-state index contributed by atoms with van der Waals surface area (Å²) >= 11 is 0. The number of hydrogen-bond donors (Lipinski definition) is 0. The molecule has 3 heteroatoms. The molecule has 0 saturated carbocycles. The van der Waals surface area contributed by atoms with E-state index in [1.54, 1.807) is 0 Å². The fraction of sp³-hybridized carbons (Fsp3) is 0.333. The largest absolute Gasteiger partial charge is 0.426 e. The van der Waals surface area contributed by atoms with Gasteiger partial charge in [0, 0.05) is 13.2 Å². The molecule has 0 bridgehead atoms. The maximum atomic E-state index is 6.16. The number of rotatable bonds is 7. The van der Waals surface area contributed by atoms with Crippen LogP contribution in [0.2, 0.25) is 0 Å². The van der Waals surface area contributed by atoms with Crippen molar-refractivity contribution in [3.8, 4) is 0 Å². The molecule has 0 heterocycles. The summed E-state index contributed by atoms with van der Waals surface area (Å²) < 4.78 is 6.16. The summed E-state index contributed by atoms with van der Waals surface area (Å²) in [5.41, 5.74) is 3.79. The van der Waals surface area contributed by atoms with E-state index < -0.39 is 0 Å². The van der Waals surface area contributed by atoms with Gasteiger partial charge in [-0.1, -0.05) is 61.5 Å². The molecule has 21 heavy (non-hydrogen) atoms. The first-order valence-corrected chi connectivity index (χ1v) is 7.61. The minimum Gasteiger partial charge on any atom is -0.426 e. The van der Waals surface area contributed by atoms with Crippen LogP contribution < -0.4 is 10.9 Å². The smallest absolute Gasteiger partial charge is 0.361 e. The van der Waals surface area contributed by atoms with E-state index in [4.69, 9.17) is 4.65 Å². The van der Waals surface area contributed by atoms with Crippen molar-refractivity contribution in [2.24, 2.45) is 0 Å². The van der Waals surface area contributed by atoms with Gasteiger partial charge in [0.05, 0.1) is 0 Å². The molecule has 2 aromatic rings. The Labute approximate surface area is 128 Å². The molecule has 0 radical (unpaired) electrons. The average molecular weight is 281 g/mol. The highest BCUT2D eigenvalue weighted by Crippen LogP contribution is 2.00. The maximum absolute atomic E-state index is 6.16. The van der Waals surface area contributed by atoms with E-state index in [1.165, 1.54) is 16.5 Å². The van der Waals surface area contributed by atoms with Gasteiger partial charge in [0.1, 0.15) is 0 Å². The van der Waals surface area contributed by atoms with E-state index in [1.807, 2.05) is 6.07 Å². The zero-order valence-electron chi connectivity index (χ0n) is 13.3. The van der Waals surface area contributed by atoms with Crippen molar-refractivity contribution in [3.63, 3.8) is 0 Å². The van der Waals surface area contributed by atoms with Crippen LogP contribution >= 0.6 is 0 Å². The lowest BCUT2D eigenvalue weighted by Gasteiger charge is -2.17. The molecule has 0 amide bonds. The van der Waals surface area contributed by atoms with Gasteiger partial charge in [-0.2, -0.15) is 0 Å². The van der Waals surface area contributed by atoms with E-state index >= 15 is 0 Å². The predicted octanol–water partition coefficient (Wildman–Crippen LogP) is 1.93. The summed E-state index contributed by atoms with van der Waals surface area (Å²) in [5, 5.41) is 0. The van der Waals surface area contributed by atoms with Gasteiger partial charge in [-0.05, 0) is 37.0 Å². The summed E-state index contributed by atoms with van der Waals surface area (Å²) in [5.74, 6) is 0. The highest BCUT2D eigenvalue weighted by molar-refractivity contribution is 6.80. The van der Waals surface area contributed by atoms with Gasteiger partial charge in [0.15, 0.2) is 0 Å². The van der Waals surface area contributed by atoms with Crippen molar-refractivity contribution in [3.05, 3.63) is 60.2 Å². The zero-order chi connectivity index (χ0) is 15.1. The first-order chi connectivity index (χ1) is 10.2. The minimum atomic E-state index is 0.0112. The van der Waals surface area contributed by atoms with Crippen LogP contribution in [0.5, 0.6) is 0 Å². The van der Waals surface area contributed by atoms with E-state index in [0.29, 0.717) is 0 Å². The molecule has 2 aromatic carbocycles. The van der Waals surface area contributed by atoms with Gasteiger partial charge in [-0.15, -0.1) is 0 Å². The first-order valence-electron chi connectivity index (χ1n) is 7.61. The Balaban J connectivity index is 2.18. The van der Waals surface area contributed by atoms with Crippen molar-refractivity contribution < 1.29 is 4.65 Å². The standard InChI is InChI=1S/C18H24BNO/c1-4-16-10-12-18(13-11-16)19(21-15-14-20(2)3)17-8-6-5-7-9-17/h5-13H,4,14-15H2,1-3H3. The van der Waals surface area contributed by atoms with Gasteiger partial charge in [0.2, 0.25) is 0 Å². The topological polar surface area (TPSA) is 12.5 Å². The fourth-order valence-corrected chi connectivity index (χ4v) is 2.29. The summed E-state index contributed by atoms with van der Waals surface area (Å²) in [6.07, 6.45) is 1.07. The molecule has 2 nitrogen and oxygen atoms in total. The first kappa shape index (κ1) is 15.8. The van der Waals surface area contributed by atoms with Crippen LogP contribution in [0.25, 0.3) is 0 Å². The van der Waals surface area contributed by atoms with Crippen molar-refractivity contribution in [2.45, 2.75) is 13.3 Å². The second-order valence-corrected chi connectivity index (χ2v) is 5.56. The predicted molar refractivity (Wildman–Crippen MR) is 91.8 cm³/mol. The monoisotopic (exact) mass is 281 g/mol. The van der Waals surface area contributed by atoms with E-state index in [0.717, 1.165) is 19.6 Å². The Hall–Kier alpha value is -1.58. The van der Waals surface area contributed by atoms with E-state index in [9.17, 15) is 0 Å². The Morgan fingerprint density at radius 3 is 2.10 bits per heavy atom. The molecule has 0 N–H and O–H groups in total. The number of likely N-dealkylation sites (N-methyl/N-ethyl adjacent to an activating group) is 1. The molecule has 0 unspecified atom stereocenters. The molecule has 0 aliphatic rings. The molecule has 0 saturated heterocycles. The van der Waals surface area contributed by atoms with Crippen LogP contribution in [0, 0.1) is 0 Å². The Morgan fingerprint density at radius 1 is 0.905 bits per heavy atom. The van der Waals surface area contributed by atoms with Crippen molar-refractivity contribution in [1.29, 1.82) is 0 Å². The molecule has 0 aliphatic carbocycles. The molecular weight excluding hydrogens is 257 g/mol. The fourth-order valence-electron chi connectivity index (χ4n) is 2.29. The van der Waals surface area contributed by atoms with E-state index in [-0.39, 0.29) is 6.92 Å². The molecule has 0 fully saturated rings. The lowest BCUT2D eigenvalue weighted by Crippen LogP contribution is -2.46. The Bertz CT molecular complexity index is 525. The van der Waals surface area contributed by atoms with Gasteiger partial charge < -0.3 is 9.55 Å².